The average molecular weight is 275 g/mol. The molecule has 106 valence electrons. The zero-order valence-corrected chi connectivity index (χ0v) is 11.3. The Bertz CT molecular complexity index is 517. The van der Waals surface area contributed by atoms with Crippen LogP contribution in [0, 0.1) is 0 Å². The van der Waals surface area contributed by atoms with E-state index in [2.05, 4.69) is 9.88 Å². The molecule has 0 unspecified atom stereocenters. The van der Waals surface area contributed by atoms with Crippen LogP contribution in [0.25, 0.3) is 6.08 Å². The number of carbonyl (C=O) groups excluding carboxylic acids is 1. The fourth-order valence-electron chi connectivity index (χ4n) is 1.97. The van der Waals surface area contributed by atoms with Crippen molar-refractivity contribution in [1.29, 1.82) is 0 Å². The lowest BCUT2D eigenvalue weighted by molar-refractivity contribution is -0.131. The average Bonchev–Trinajstić information content (AvgIpc) is 2.46. The number of aromatic nitrogens is 1. The summed E-state index contributed by atoms with van der Waals surface area (Å²) in [5, 5.41) is 8.54. The third kappa shape index (κ3) is 3.64. The lowest BCUT2D eigenvalue weighted by Gasteiger charge is -2.32. The zero-order valence-electron chi connectivity index (χ0n) is 11.3. The van der Waals surface area contributed by atoms with Gasteiger partial charge in [0.05, 0.1) is 0 Å². The van der Waals surface area contributed by atoms with Gasteiger partial charge in [-0.2, -0.15) is 0 Å². The fourth-order valence-corrected chi connectivity index (χ4v) is 1.97. The number of piperazine rings is 1. The van der Waals surface area contributed by atoms with Gasteiger partial charge in [0.2, 0.25) is 0 Å². The SMILES string of the molecule is CN1CCN(C(=O)c2ccc(C=CC(=O)O)cn2)CC1. The summed E-state index contributed by atoms with van der Waals surface area (Å²) >= 11 is 0. The van der Waals surface area contributed by atoms with E-state index in [1.165, 1.54) is 12.3 Å². The van der Waals surface area contributed by atoms with Crippen molar-refractivity contribution >= 4 is 18.0 Å². The van der Waals surface area contributed by atoms with Gasteiger partial charge < -0.3 is 14.9 Å². The van der Waals surface area contributed by atoms with Crippen LogP contribution >= 0.6 is 0 Å². The van der Waals surface area contributed by atoms with Crippen molar-refractivity contribution in [2.24, 2.45) is 0 Å². The predicted molar refractivity (Wildman–Crippen MR) is 74.3 cm³/mol. The van der Waals surface area contributed by atoms with Gasteiger partial charge in [0.25, 0.3) is 5.91 Å². The molecule has 20 heavy (non-hydrogen) atoms. The van der Waals surface area contributed by atoms with Gasteiger partial charge in [0, 0.05) is 38.5 Å². The molecule has 1 aliphatic rings. The Morgan fingerprint density at radius 2 is 1.95 bits per heavy atom. The van der Waals surface area contributed by atoms with Gasteiger partial charge in [-0.3, -0.25) is 9.78 Å². The number of amides is 1. The second kappa shape index (κ2) is 6.29. The van der Waals surface area contributed by atoms with Gasteiger partial charge in [-0.25, -0.2) is 4.79 Å². The molecule has 1 amide bonds. The van der Waals surface area contributed by atoms with Crippen LogP contribution in [0.1, 0.15) is 16.1 Å². The van der Waals surface area contributed by atoms with E-state index in [-0.39, 0.29) is 5.91 Å². The highest BCUT2D eigenvalue weighted by Crippen LogP contribution is 2.08. The Morgan fingerprint density at radius 3 is 2.50 bits per heavy atom. The van der Waals surface area contributed by atoms with E-state index >= 15 is 0 Å². The first-order chi connectivity index (χ1) is 9.56. The minimum absolute atomic E-state index is 0.0770. The molecule has 6 heteroatoms. The van der Waals surface area contributed by atoms with Crippen molar-refractivity contribution in [1.82, 2.24) is 14.8 Å². The zero-order chi connectivity index (χ0) is 14.5. The molecule has 0 spiro atoms. The van der Waals surface area contributed by atoms with Crippen molar-refractivity contribution in [2.45, 2.75) is 0 Å². The van der Waals surface area contributed by atoms with Gasteiger partial charge in [0.1, 0.15) is 5.69 Å². The van der Waals surface area contributed by atoms with E-state index in [9.17, 15) is 9.59 Å². The largest absolute Gasteiger partial charge is 0.478 e. The molecule has 1 aliphatic heterocycles. The van der Waals surface area contributed by atoms with Crippen LogP contribution in [0.5, 0.6) is 0 Å². The number of rotatable bonds is 3. The summed E-state index contributed by atoms with van der Waals surface area (Å²) in [5.74, 6) is -1.09. The molecule has 0 aromatic carbocycles. The van der Waals surface area contributed by atoms with E-state index in [1.54, 1.807) is 17.0 Å². The van der Waals surface area contributed by atoms with Crippen LogP contribution in [0.4, 0.5) is 0 Å². The van der Waals surface area contributed by atoms with Crippen LogP contribution in [0.2, 0.25) is 0 Å². The van der Waals surface area contributed by atoms with Crippen molar-refractivity contribution < 1.29 is 14.7 Å². The van der Waals surface area contributed by atoms with Gasteiger partial charge in [-0.05, 0) is 24.8 Å². The van der Waals surface area contributed by atoms with E-state index < -0.39 is 5.97 Å². The Hall–Kier alpha value is -2.21. The first-order valence-corrected chi connectivity index (χ1v) is 6.41. The standard InChI is InChI=1S/C14H17N3O3/c1-16-6-8-17(9-7-16)14(20)12-4-2-11(10-15-12)3-5-13(18)19/h2-5,10H,6-9H2,1H3,(H,18,19). The number of hydrogen-bond donors (Lipinski definition) is 1. The third-order valence-corrected chi connectivity index (χ3v) is 3.21. The quantitative estimate of drug-likeness (QED) is 0.816. The van der Waals surface area contributed by atoms with Crippen LogP contribution < -0.4 is 0 Å². The molecule has 2 heterocycles. The third-order valence-electron chi connectivity index (χ3n) is 3.21. The first-order valence-electron chi connectivity index (χ1n) is 6.41. The van der Waals surface area contributed by atoms with Crippen molar-refractivity contribution in [3.8, 4) is 0 Å². The highest BCUT2D eigenvalue weighted by atomic mass is 16.4. The van der Waals surface area contributed by atoms with Crippen molar-refractivity contribution in [3.63, 3.8) is 0 Å². The summed E-state index contributed by atoms with van der Waals surface area (Å²) in [7, 11) is 2.03. The number of nitrogens with zero attached hydrogens (tertiary/aromatic N) is 3. The number of carboxylic acids is 1. The summed E-state index contributed by atoms with van der Waals surface area (Å²) in [6, 6.07) is 3.32. The molecule has 1 aromatic rings. The van der Waals surface area contributed by atoms with Crippen LogP contribution in [0.3, 0.4) is 0 Å². The summed E-state index contributed by atoms with van der Waals surface area (Å²) in [6.07, 6.45) is 3.99. The lowest BCUT2D eigenvalue weighted by Crippen LogP contribution is -2.47. The predicted octanol–water partition coefficient (Wildman–Crippen LogP) is 0.567. The molecule has 0 radical (unpaired) electrons. The van der Waals surface area contributed by atoms with Crippen LogP contribution in [-0.2, 0) is 4.79 Å². The Morgan fingerprint density at radius 1 is 1.25 bits per heavy atom. The summed E-state index contributed by atoms with van der Waals surface area (Å²) in [6.45, 7) is 3.14. The molecule has 2 rings (SSSR count). The molecular formula is C14H17N3O3. The van der Waals surface area contributed by atoms with Crippen molar-refractivity contribution in [3.05, 3.63) is 35.7 Å². The smallest absolute Gasteiger partial charge is 0.328 e. The number of aliphatic carboxylic acids is 1. The van der Waals surface area contributed by atoms with E-state index in [1.807, 2.05) is 7.05 Å². The fraction of sp³-hybridized carbons (Fsp3) is 0.357. The minimum atomic E-state index is -1.01. The maximum atomic E-state index is 12.2. The van der Waals surface area contributed by atoms with Crippen molar-refractivity contribution in [2.75, 3.05) is 33.2 Å². The van der Waals surface area contributed by atoms with E-state index in [0.717, 1.165) is 19.2 Å². The van der Waals surface area contributed by atoms with Crippen LogP contribution in [-0.4, -0.2) is 65.0 Å². The molecule has 1 aromatic heterocycles. The molecular weight excluding hydrogens is 258 g/mol. The van der Waals surface area contributed by atoms with E-state index in [0.29, 0.717) is 24.3 Å². The normalized spacial score (nSPS) is 16.6. The number of likely N-dealkylation sites (N-methyl/N-ethyl adjacent to an activating group) is 1. The number of carbonyl (C=O) groups is 2. The minimum Gasteiger partial charge on any atom is -0.478 e. The van der Waals surface area contributed by atoms with Gasteiger partial charge in [-0.15, -0.1) is 0 Å². The molecule has 1 N–H and O–H groups in total. The summed E-state index contributed by atoms with van der Waals surface area (Å²) < 4.78 is 0. The monoisotopic (exact) mass is 275 g/mol. The lowest BCUT2D eigenvalue weighted by atomic mass is 10.2. The maximum Gasteiger partial charge on any atom is 0.328 e. The second-order valence-corrected chi connectivity index (χ2v) is 4.74. The Kier molecular flexibility index (Phi) is 4.47. The molecule has 0 saturated carbocycles. The van der Waals surface area contributed by atoms with Gasteiger partial charge in [-0.1, -0.05) is 6.07 Å². The van der Waals surface area contributed by atoms with Crippen LogP contribution in [0.15, 0.2) is 24.4 Å². The number of hydrogen-bond acceptors (Lipinski definition) is 4. The highest BCUT2D eigenvalue weighted by molar-refractivity contribution is 5.92. The molecule has 6 nitrogen and oxygen atoms in total. The number of carboxylic acid groups (broad SMARTS) is 1. The maximum absolute atomic E-state index is 12.2. The Balaban J connectivity index is 2.02. The van der Waals surface area contributed by atoms with Gasteiger partial charge in [0.15, 0.2) is 0 Å². The topological polar surface area (TPSA) is 73.7 Å². The molecule has 0 atom stereocenters. The molecule has 1 saturated heterocycles. The highest BCUT2D eigenvalue weighted by Gasteiger charge is 2.20. The number of pyridine rings is 1. The van der Waals surface area contributed by atoms with E-state index in [4.69, 9.17) is 5.11 Å². The summed E-state index contributed by atoms with van der Waals surface area (Å²) in [5.41, 5.74) is 1.05. The first kappa shape index (κ1) is 14.2. The molecule has 1 fully saturated rings. The Labute approximate surface area is 117 Å². The molecule has 0 bridgehead atoms. The van der Waals surface area contributed by atoms with Gasteiger partial charge >= 0.3 is 5.97 Å². The summed E-state index contributed by atoms with van der Waals surface area (Å²) in [4.78, 5) is 30.7. The molecule has 0 aliphatic carbocycles. The second-order valence-electron chi connectivity index (χ2n) is 4.74.